The Hall–Kier alpha value is 0.220. The van der Waals surface area contributed by atoms with Crippen LogP contribution in [-0.4, -0.2) is 5.11 Å². The Bertz CT molecular complexity index is 450. The van der Waals surface area contributed by atoms with Gasteiger partial charge in [0.05, 0.1) is 6.61 Å². The average Bonchev–Trinajstić information content (AvgIpc) is 2.54. The van der Waals surface area contributed by atoms with Gasteiger partial charge in [0.2, 0.25) is 0 Å². The van der Waals surface area contributed by atoms with Gasteiger partial charge in [0.15, 0.2) is 0 Å². The third-order valence-electron chi connectivity index (χ3n) is 1.95. The van der Waals surface area contributed by atoms with E-state index < -0.39 is 0 Å². The largest absolute Gasteiger partial charge is 0.392 e. The first-order valence-electron chi connectivity index (χ1n) is 3.72. The molecule has 13 heavy (non-hydrogen) atoms. The molecule has 0 fully saturated rings. The molecule has 0 aliphatic rings. The normalized spacial score (nSPS) is 11.0. The number of aliphatic hydroxyl groups excluding tert-OH is 1. The van der Waals surface area contributed by atoms with Crippen molar-refractivity contribution in [3.05, 3.63) is 26.6 Å². The van der Waals surface area contributed by atoms with Gasteiger partial charge in [-0.2, -0.15) is 0 Å². The Labute approximate surface area is 99.3 Å². The van der Waals surface area contributed by atoms with Crippen molar-refractivity contribution in [1.29, 1.82) is 0 Å². The topological polar surface area (TPSA) is 20.2 Å². The van der Waals surface area contributed by atoms with Gasteiger partial charge in [0.1, 0.15) is 0 Å². The predicted octanol–water partition coefficient (Wildman–Crippen LogP) is 3.29. The lowest BCUT2D eigenvalue weighted by atomic mass is 10.1. The summed E-state index contributed by atoms with van der Waals surface area (Å²) < 4.78 is 2.31. The Morgan fingerprint density at radius 1 is 1.54 bits per heavy atom. The Morgan fingerprint density at radius 2 is 2.31 bits per heavy atom. The van der Waals surface area contributed by atoms with Crippen LogP contribution >= 0.6 is 46.6 Å². The number of hydrogen-bond acceptors (Lipinski definition) is 3. The molecule has 0 saturated carbocycles. The molecule has 0 spiro atoms. The Morgan fingerprint density at radius 3 is 3.00 bits per heavy atom. The molecule has 68 valence electrons. The van der Waals surface area contributed by atoms with Crippen molar-refractivity contribution in [3.63, 3.8) is 0 Å². The van der Waals surface area contributed by atoms with E-state index in [1.165, 1.54) is 4.70 Å². The average molecular weight is 322 g/mol. The highest BCUT2D eigenvalue weighted by Crippen LogP contribution is 2.32. The first kappa shape index (κ1) is 9.76. The van der Waals surface area contributed by atoms with E-state index in [1.807, 2.05) is 11.4 Å². The number of fused-ring (bicyclic) bond motifs is 1. The van der Waals surface area contributed by atoms with Crippen LogP contribution in [0.5, 0.6) is 0 Å². The van der Waals surface area contributed by atoms with Gasteiger partial charge in [0, 0.05) is 18.7 Å². The van der Waals surface area contributed by atoms with Crippen LogP contribution in [0, 0.1) is 3.57 Å². The summed E-state index contributed by atoms with van der Waals surface area (Å²) in [5, 5.41) is 12.4. The van der Waals surface area contributed by atoms with Crippen LogP contribution in [0.1, 0.15) is 5.56 Å². The van der Waals surface area contributed by atoms with E-state index in [4.69, 9.17) is 0 Å². The third kappa shape index (κ3) is 1.60. The second-order valence-corrected chi connectivity index (χ2v) is 5.23. The van der Waals surface area contributed by atoms with Crippen LogP contribution in [0.15, 0.2) is 22.4 Å². The minimum absolute atomic E-state index is 0.0584. The van der Waals surface area contributed by atoms with Crippen molar-refractivity contribution < 1.29 is 5.11 Å². The number of hydrogen-bond donors (Lipinski definition) is 2. The van der Waals surface area contributed by atoms with Crippen LogP contribution in [0.3, 0.4) is 0 Å². The number of rotatable bonds is 1. The van der Waals surface area contributed by atoms with E-state index >= 15 is 0 Å². The summed E-state index contributed by atoms with van der Waals surface area (Å²) in [4.78, 5) is 0.897. The summed E-state index contributed by atoms with van der Waals surface area (Å²) in [6.45, 7) is 0.0584. The highest BCUT2D eigenvalue weighted by atomic mass is 127. The number of aliphatic hydroxyl groups is 1. The maximum Gasteiger partial charge on any atom is 0.0699 e. The fourth-order valence-corrected chi connectivity index (χ4v) is 3.26. The molecular weight excluding hydrogens is 315 g/mol. The highest BCUT2D eigenvalue weighted by molar-refractivity contribution is 14.1. The van der Waals surface area contributed by atoms with Crippen molar-refractivity contribution in [2.45, 2.75) is 11.5 Å². The molecule has 0 amide bonds. The van der Waals surface area contributed by atoms with Gasteiger partial charge in [-0.05, 0) is 45.5 Å². The van der Waals surface area contributed by atoms with E-state index in [9.17, 15) is 5.11 Å². The van der Waals surface area contributed by atoms with Gasteiger partial charge in [-0.1, -0.05) is 0 Å². The van der Waals surface area contributed by atoms with Crippen LogP contribution in [0.2, 0.25) is 0 Å². The Kier molecular flexibility index (Phi) is 2.83. The van der Waals surface area contributed by atoms with E-state index in [0.29, 0.717) is 0 Å². The number of benzene rings is 1. The molecule has 0 radical (unpaired) electrons. The van der Waals surface area contributed by atoms with Crippen molar-refractivity contribution in [3.8, 4) is 0 Å². The molecule has 0 bridgehead atoms. The molecule has 0 saturated heterocycles. The number of thiol groups is 1. The van der Waals surface area contributed by atoms with Crippen molar-refractivity contribution >= 4 is 56.6 Å². The molecule has 0 aliphatic heterocycles. The fraction of sp³-hybridized carbons (Fsp3) is 0.111. The van der Waals surface area contributed by atoms with Crippen molar-refractivity contribution in [2.75, 3.05) is 0 Å². The van der Waals surface area contributed by atoms with E-state index in [2.05, 4.69) is 41.3 Å². The first-order valence-corrected chi connectivity index (χ1v) is 6.13. The summed E-state index contributed by atoms with van der Waals surface area (Å²) in [5.41, 5.74) is 0.937. The molecule has 0 atom stereocenters. The number of halogens is 1. The molecule has 2 aromatic rings. The monoisotopic (exact) mass is 322 g/mol. The fourth-order valence-electron chi connectivity index (χ4n) is 1.30. The van der Waals surface area contributed by atoms with Gasteiger partial charge in [-0.15, -0.1) is 24.0 Å². The zero-order chi connectivity index (χ0) is 9.42. The molecular formula is C9H7IOS2. The molecule has 0 unspecified atom stereocenters. The quantitative estimate of drug-likeness (QED) is 0.610. The van der Waals surface area contributed by atoms with Crippen LogP contribution in [-0.2, 0) is 6.61 Å². The van der Waals surface area contributed by atoms with Crippen molar-refractivity contribution in [2.24, 2.45) is 0 Å². The predicted molar refractivity (Wildman–Crippen MR) is 67.7 cm³/mol. The van der Waals surface area contributed by atoms with Crippen LogP contribution in [0.4, 0.5) is 0 Å². The smallest absolute Gasteiger partial charge is 0.0699 e. The molecule has 1 heterocycles. The summed E-state index contributed by atoms with van der Waals surface area (Å²) in [5.74, 6) is 0. The van der Waals surface area contributed by atoms with E-state index in [0.717, 1.165) is 19.4 Å². The Balaban J connectivity index is 2.87. The second kappa shape index (κ2) is 3.76. The highest BCUT2D eigenvalue weighted by Gasteiger charge is 2.08. The molecule has 0 aliphatic carbocycles. The first-order chi connectivity index (χ1) is 6.24. The zero-order valence-electron chi connectivity index (χ0n) is 6.62. The third-order valence-corrected chi connectivity index (χ3v) is 4.60. The maximum atomic E-state index is 9.21. The molecule has 1 aromatic carbocycles. The lowest BCUT2D eigenvalue weighted by molar-refractivity contribution is 0.280. The van der Waals surface area contributed by atoms with E-state index in [-0.39, 0.29) is 6.61 Å². The SMILES string of the molecule is OCc1c(S)c(I)cc2sccc12. The minimum atomic E-state index is 0.0584. The summed E-state index contributed by atoms with van der Waals surface area (Å²) in [6, 6.07) is 4.13. The summed E-state index contributed by atoms with van der Waals surface area (Å²) >= 11 is 8.31. The maximum absolute atomic E-state index is 9.21. The minimum Gasteiger partial charge on any atom is -0.392 e. The number of thiophene rings is 1. The summed E-state index contributed by atoms with van der Waals surface area (Å²) in [7, 11) is 0. The molecule has 1 N–H and O–H groups in total. The van der Waals surface area contributed by atoms with Gasteiger partial charge < -0.3 is 5.11 Å². The zero-order valence-corrected chi connectivity index (χ0v) is 10.5. The molecule has 4 heteroatoms. The van der Waals surface area contributed by atoms with Crippen molar-refractivity contribution in [1.82, 2.24) is 0 Å². The standard InChI is InChI=1S/C9H7IOS2/c10-7-3-8-5(1-2-13-8)6(4-11)9(7)12/h1-3,11-12H,4H2. The summed E-state index contributed by atoms with van der Waals surface area (Å²) in [6.07, 6.45) is 0. The van der Waals surface area contributed by atoms with Gasteiger partial charge in [-0.3, -0.25) is 0 Å². The molecule has 2 rings (SSSR count). The lowest BCUT2D eigenvalue weighted by Gasteiger charge is -2.05. The van der Waals surface area contributed by atoms with Gasteiger partial charge >= 0.3 is 0 Å². The van der Waals surface area contributed by atoms with Gasteiger partial charge in [0.25, 0.3) is 0 Å². The second-order valence-electron chi connectivity index (χ2n) is 2.68. The van der Waals surface area contributed by atoms with Crippen LogP contribution < -0.4 is 0 Å². The molecule has 1 nitrogen and oxygen atoms in total. The lowest BCUT2D eigenvalue weighted by Crippen LogP contribution is -1.89. The van der Waals surface area contributed by atoms with Gasteiger partial charge in [-0.25, -0.2) is 0 Å². The van der Waals surface area contributed by atoms with Crippen LogP contribution in [0.25, 0.3) is 10.1 Å². The van der Waals surface area contributed by atoms with E-state index in [1.54, 1.807) is 11.3 Å². The molecule has 1 aromatic heterocycles.